The predicted molar refractivity (Wildman–Crippen MR) is 85.8 cm³/mol. The molecule has 120 valence electrons. The topological polar surface area (TPSA) is 38.3 Å². The van der Waals surface area contributed by atoms with Crippen LogP contribution in [0.3, 0.4) is 0 Å². The number of rotatable bonds is 11. The number of ether oxygens (including phenoxy) is 1. The fourth-order valence-corrected chi connectivity index (χ4v) is 2.04. The molecule has 0 radical (unpaired) electrons. The van der Waals surface area contributed by atoms with Crippen LogP contribution in [0.4, 0.5) is 0 Å². The highest BCUT2D eigenvalue weighted by atomic mass is 16.5. The molecule has 0 aromatic heterocycles. The number of carbonyl (C=O) groups excluding carboxylic acids is 1. The molecule has 0 fully saturated rings. The Labute approximate surface area is 125 Å². The maximum Gasteiger partial charge on any atom is 0.220 e. The second-order valence-corrected chi connectivity index (χ2v) is 6.90. The molecule has 1 amide bonds. The van der Waals surface area contributed by atoms with Crippen molar-refractivity contribution < 1.29 is 9.53 Å². The van der Waals surface area contributed by atoms with Crippen LogP contribution in [0.25, 0.3) is 0 Å². The summed E-state index contributed by atoms with van der Waals surface area (Å²) in [5, 5.41) is 2.96. The summed E-state index contributed by atoms with van der Waals surface area (Å²) in [6.45, 7) is 13.3. The molecular weight excluding hydrogens is 250 g/mol. The van der Waals surface area contributed by atoms with Crippen molar-refractivity contribution in [2.45, 2.75) is 73.1 Å². The smallest absolute Gasteiger partial charge is 0.220 e. The Morgan fingerprint density at radius 1 is 1.25 bits per heavy atom. The van der Waals surface area contributed by atoms with Gasteiger partial charge in [-0.05, 0) is 30.6 Å². The van der Waals surface area contributed by atoms with Crippen molar-refractivity contribution in [3.05, 3.63) is 0 Å². The van der Waals surface area contributed by atoms with Gasteiger partial charge in [0.25, 0.3) is 0 Å². The molecule has 0 bridgehead atoms. The Balaban J connectivity index is 3.45. The highest BCUT2D eigenvalue weighted by Gasteiger charge is 2.12. The van der Waals surface area contributed by atoms with Crippen molar-refractivity contribution in [1.29, 1.82) is 0 Å². The zero-order valence-corrected chi connectivity index (χ0v) is 14.3. The third kappa shape index (κ3) is 12.5. The zero-order chi connectivity index (χ0) is 15.4. The van der Waals surface area contributed by atoms with Crippen LogP contribution >= 0.6 is 0 Å². The van der Waals surface area contributed by atoms with Crippen LogP contribution in [-0.4, -0.2) is 25.7 Å². The quantitative estimate of drug-likeness (QED) is 0.579. The van der Waals surface area contributed by atoms with Crippen LogP contribution in [-0.2, 0) is 9.53 Å². The normalized spacial score (nSPS) is 13.2. The van der Waals surface area contributed by atoms with E-state index in [-0.39, 0.29) is 11.3 Å². The van der Waals surface area contributed by atoms with Gasteiger partial charge in [-0.15, -0.1) is 0 Å². The monoisotopic (exact) mass is 285 g/mol. The molecule has 0 saturated heterocycles. The molecule has 0 aromatic carbocycles. The van der Waals surface area contributed by atoms with E-state index in [0.29, 0.717) is 12.3 Å². The van der Waals surface area contributed by atoms with E-state index in [1.165, 1.54) is 19.3 Å². The molecule has 0 rings (SSSR count). The van der Waals surface area contributed by atoms with Crippen LogP contribution in [0.15, 0.2) is 0 Å². The van der Waals surface area contributed by atoms with Gasteiger partial charge in [-0.25, -0.2) is 0 Å². The van der Waals surface area contributed by atoms with Gasteiger partial charge in [0.05, 0.1) is 0 Å². The van der Waals surface area contributed by atoms with Crippen LogP contribution < -0.4 is 5.32 Å². The SMILES string of the molecule is CCCC(CC)COCCCNC(=O)CCC(C)(C)C. The molecular formula is C17H35NO2. The second-order valence-electron chi connectivity index (χ2n) is 6.90. The molecule has 1 N–H and O–H groups in total. The summed E-state index contributed by atoms with van der Waals surface area (Å²) in [4.78, 5) is 11.6. The Hall–Kier alpha value is -0.570. The summed E-state index contributed by atoms with van der Waals surface area (Å²) in [5.74, 6) is 0.860. The van der Waals surface area contributed by atoms with Gasteiger partial charge in [-0.2, -0.15) is 0 Å². The van der Waals surface area contributed by atoms with E-state index in [1.807, 2.05) is 0 Å². The first-order valence-corrected chi connectivity index (χ1v) is 8.23. The number of carbonyl (C=O) groups is 1. The number of hydrogen-bond acceptors (Lipinski definition) is 2. The summed E-state index contributed by atoms with van der Waals surface area (Å²) >= 11 is 0. The lowest BCUT2D eigenvalue weighted by Gasteiger charge is -2.17. The molecule has 3 nitrogen and oxygen atoms in total. The van der Waals surface area contributed by atoms with E-state index >= 15 is 0 Å². The summed E-state index contributed by atoms with van der Waals surface area (Å²) < 4.78 is 5.68. The second kappa shape index (κ2) is 11.1. The standard InChI is InChI=1S/C17H35NO2/c1-6-9-15(7-2)14-20-13-8-12-18-16(19)10-11-17(3,4)5/h15H,6-14H2,1-5H3,(H,18,19). The molecule has 3 heteroatoms. The van der Waals surface area contributed by atoms with Gasteiger partial charge in [0.1, 0.15) is 0 Å². The highest BCUT2D eigenvalue weighted by molar-refractivity contribution is 5.75. The van der Waals surface area contributed by atoms with Gasteiger partial charge in [0.2, 0.25) is 5.91 Å². The minimum absolute atomic E-state index is 0.164. The molecule has 0 aliphatic rings. The number of nitrogens with one attached hydrogen (secondary N) is 1. The lowest BCUT2D eigenvalue weighted by molar-refractivity contribution is -0.121. The molecule has 0 aliphatic carbocycles. The number of hydrogen-bond donors (Lipinski definition) is 1. The van der Waals surface area contributed by atoms with Crippen LogP contribution in [0, 0.1) is 11.3 Å². The van der Waals surface area contributed by atoms with Crippen molar-refractivity contribution >= 4 is 5.91 Å². The van der Waals surface area contributed by atoms with Gasteiger partial charge < -0.3 is 10.1 Å². The van der Waals surface area contributed by atoms with Gasteiger partial charge in [0, 0.05) is 26.2 Å². The summed E-state index contributed by atoms with van der Waals surface area (Å²) in [5.41, 5.74) is 0.231. The lowest BCUT2D eigenvalue weighted by atomic mass is 9.90. The molecule has 20 heavy (non-hydrogen) atoms. The minimum Gasteiger partial charge on any atom is -0.381 e. The third-order valence-corrected chi connectivity index (χ3v) is 3.52. The van der Waals surface area contributed by atoms with Crippen molar-refractivity contribution in [2.75, 3.05) is 19.8 Å². The third-order valence-electron chi connectivity index (χ3n) is 3.52. The van der Waals surface area contributed by atoms with Crippen LogP contribution in [0.1, 0.15) is 73.1 Å². The van der Waals surface area contributed by atoms with E-state index in [1.54, 1.807) is 0 Å². The maximum absolute atomic E-state index is 11.6. The average molecular weight is 285 g/mol. The fraction of sp³-hybridized carbons (Fsp3) is 0.941. The van der Waals surface area contributed by atoms with Crippen LogP contribution in [0.5, 0.6) is 0 Å². The highest BCUT2D eigenvalue weighted by Crippen LogP contribution is 2.20. The minimum atomic E-state index is 0.164. The molecule has 1 unspecified atom stereocenters. The van der Waals surface area contributed by atoms with E-state index in [2.05, 4.69) is 39.9 Å². The number of amides is 1. The van der Waals surface area contributed by atoms with Crippen molar-refractivity contribution in [3.63, 3.8) is 0 Å². The van der Waals surface area contributed by atoms with Gasteiger partial charge in [-0.1, -0.05) is 47.5 Å². The Bertz CT molecular complexity index is 246. The van der Waals surface area contributed by atoms with Crippen molar-refractivity contribution in [1.82, 2.24) is 5.32 Å². The summed E-state index contributed by atoms with van der Waals surface area (Å²) in [6, 6.07) is 0. The van der Waals surface area contributed by atoms with Gasteiger partial charge >= 0.3 is 0 Å². The first-order chi connectivity index (χ1) is 9.39. The maximum atomic E-state index is 11.6. The van der Waals surface area contributed by atoms with E-state index in [9.17, 15) is 4.79 Å². The largest absolute Gasteiger partial charge is 0.381 e. The average Bonchev–Trinajstić information content (AvgIpc) is 2.38. The Morgan fingerprint density at radius 2 is 1.95 bits per heavy atom. The molecule has 0 heterocycles. The molecule has 0 aromatic rings. The zero-order valence-electron chi connectivity index (χ0n) is 14.3. The van der Waals surface area contributed by atoms with Gasteiger partial charge in [0.15, 0.2) is 0 Å². The van der Waals surface area contributed by atoms with Crippen LogP contribution in [0.2, 0.25) is 0 Å². The Kier molecular flexibility index (Phi) is 10.8. The molecule has 0 saturated carbocycles. The lowest BCUT2D eigenvalue weighted by Crippen LogP contribution is -2.26. The first-order valence-electron chi connectivity index (χ1n) is 8.23. The predicted octanol–water partition coefficient (Wildman–Crippen LogP) is 4.16. The fourth-order valence-electron chi connectivity index (χ4n) is 2.04. The molecule has 1 atom stereocenters. The van der Waals surface area contributed by atoms with E-state index in [0.717, 1.165) is 32.6 Å². The van der Waals surface area contributed by atoms with Crippen molar-refractivity contribution in [3.8, 4) is 0 Å². The summed E-state index contributed by atoms with van der Waals surface area (Å²) in [7, 11) is 0. The Morgan fingerprint density at radius 3 is 2.50 bits per heavy atom. The summed E-state index contributed by atoms with van der Waals surface area (Å²) in [6.07, 6.45) is 6.14. The molecule has 0 spiro atoms. The van der Waals surface area contributed by atoms with E-state index < -0.39 is 0 Å². The first kappa shape index (κ1) is 19.4. The molecule has 0 aliphatic heterocycles. The van der Waals surface area contributed by atoms with Gasteiger partial charge in [-0.3, -0.25) is 4.79 Å². The van der Waals surface area contributed by atoms with Crippen molar-refractivity contribution in [2.24, 2.45) is 11.3 Å². The van der Waals surface area contributed by atoms with E-state index in [4.69, 9.17) is 4.74 Å².